The van der Waals surface area contributed by atoms with Crippen LogP contribution in [0, 0.1) is 0 Å². The number of hydrogen-bond acceptors (Lipinski definition) is 2. The van der Waals surface area contributed by atoms with Crippen LogP contribution in [-0.4, -0.2) is 22.2 Å². The quantitative estimate of drug-likeness (QED) is 0.843. The van der Waals surface area contributed by atoms with Gasteiger partial charge in [-0.1, -0.05) is 20.8 Å². The molecule has 0 spiro atoms. The lowest BCUT2D eigenvalue weighted by Gasteiger charge is -2.19. The fourth-order valence-corrected chi connectivity index (χ4v) is 2.95. The standard InChI is InChI=1S/C14H16O4/c1-7-6-14(2,3)11-5-10(13(17)18)9(12(15)16)4-8(7)11/h4-5,7H,6H2,1-3H3,(H,15,16)(H,17,18). The highest BCUT2D eigenvalue weighted by Crippen LogP contribution is 2.46. The molecule has 2 N–H and O–H groups in total. The minimum atomic E-state index is -1.19. The Morgan fingerprint density at radius 1 is 1.17 bits per heavy atom. The SMILES string of the molecule is CC1CC(C)(C)c2cc(C(=O)O)c(C(=O)O)cc21. The molecule has 0 saturated carbocycles. The number of rotatable bonds is 2. The van der Waals surface area contributed by atoms with Crippen molar-refractivity contribution in [2.45, 2.75) is 38.5 Å². The molecule has 0 aromatic heterocycles. The van der Waals surface area contributed by atoms with E-state index < -0.39 is 11.9 Å². The second kappa shape index (κ2) is 3.83. The van der Waals surface area contributed by atoms with Crippen LogP contribution in [0.1, 0.15) is 65.0 Å². The Balaban J connectivity index is 2.73. The van der Waals surface area contributed by atoms with Crippen LogP contribution < -0.4 is 0 Å². The Labute approximate surface area is 105 Å². The van der Waals surface area contributed by atoms with E-state index in [9.17, 15) is 9.59 Å². The first kappa shape index (κ1) is 12.6. The van der Waals surface area contributed by atoms with Gasteiger partial charge in [0.2, 0.25) is 0 Å². The van der Waals surface area contributed by atoms with Crippen LogP contribution in [0.25, 0.3) is 0 Å². The van der Waals surface area contributed by atoms with Crippen LogP contribution in [0.2, 0.25) is 0 Å². The molecule has 0 heterocycles. The maximum atomic E-state index is 11.2. The lowest BCUT2D eigenvalue weighted by molar-refractivity contribution is 0.0651. The van der Waals surface area contributed by atoms with Gasteiger partial charge < -0.3 is 10.2 Å². The predicted octanol–water partition coefficient (Wildman–Crippen LogP) is 2.87. The molecule has 2 rings (SSSR count). The molecule has 1 aliphatic rings. The maximum Gasteiger partial charge on any atom is 0.336 e. The topological polar surface area (TPSA) is 74.6 Å². The van der Waals surface area contributed by atoms with Crippen LogP contribution in [0.5, 0.6) is 0 Å². The summed E-state index contributed by atoms with van der Waals surface area (Å²) in [7, 11) is 0. The second-order valence-corrected chi connectivity index (χ2v) is 5.58. The van der Waals surface area contributed by atoms with E-state index in [4.69, 9.17) is 10.2 Å². The molecule has 4 heteroatoms. The van der Waals surface area contributed by atoms with E-state index >= 15 is 0 Å². The van der Waals surface area contributed by atoms with Crippen molar-refractivity contribution < 1.29 is 19.8 Å². The fourth-order valence-electron chi connectivity index (χ4n) is 2.95. The van der Waals surface area contributed by atoms with Gasteiger partial charge in [0.05, 0.1) is 11.1 Å². The van der Waals surface area contributed by atoms with Crippen LogP contribution in [-0.2, 0) is 5.41 Å². The zero-order valence-electron chi connectivity index (χ0n) is 10.7. The molecule has 0 saturated heterocycles. The predicted molar refractivity (Wildman–Crippen MR) is 66.4 cm³/mol. The molecule has 0 bridgehead atoms. The molecule has 1 unspecified atom stereocenters. The lowest BCUT2D eigenvalue weighted by atomic mass is 9.85. The summed E-state index contributed by atoms with van der Waals surface area (Å²) in [4.78, 5) is 22.3. The highest BCUT2D eigenvalue weighted by molar-refractivity contribution is 6.02. The van der Waals surface area contributed by atoms with E-state index in [1.165, 1.54) is 12.1 Å². The third-order valence-electron chi connectivity index (χ3n) is 3.73. The molecule has 0 aliphatic heterocycles. The molecule has 0 amide bonds. The molecule has 1 aromatic carbocycles. The van der Waals surface area contributed by atoms with E-state index in [2.05, 4.69) is 13.8 Å². The molecule has 4 nitrogen and oxygen atoms in total. The third-order valence-corrected chi connectivity index (χ3v) is 3.73. The van der Waals surface area contributed by atoms with Crippen molar-refractivity contribution in [3.8, 4) is 0 Å². The number of carboxylic acids is 2. The monoisotopic (exact) mass is 248 g/mol. The fraction of sp³-hybridized carbons (Fsp3) is 0.429. The van der Waals surface area contributed by atoms with E-state index in [1.807, 2.05) is 6.92 Å². The number of carboxylic acid groups (broad SMARTS) is 2. The first-order valence-corrected chi connectivity index (χ1v) is 5.89. The first-order valence-electron chi connectivity index (χ1n) is 5.89. The molecule has 96 valence electrons. The smallest absolute Gasteiger partial charge is 0.336 e. The van der Waals surface area contributed by atoms with Gasteiger partial charge in [-0.05, 0) is 41.0 Å². The Morgan fingerprint density at radius 3 is 2.17 bits per heavy atom. The van der Waals surface area contributed by atoms with E-state index in [0.717, 1.165) is 17.5 Å². The van der Waals surface area contributed by atoms with Gasteiger partial charge in [-0.3, -0.25) is 0 Å². The molecule has 1 atom stereocenters. The zero-order valence-corrected chi connectivity index (χ0v) is 10.7. The third kappa shape index (κ3) is 1.78. The summed E-state index contributed by atoms with van der Waals surface area (Å²) >= 11 is 0. The van der Waals surface area contributed by atoms with Gasteiger partial charge in [0, 0.05) is 0 Å². The average Bonchev–Trinajstić information content (AvgIpc) is 2.47. The summed E-state index contributed by atoms with van der Waals surface area (Å²) in [6.07, 6.45) is 0.907. The van der Waals surface area contributed by atoms with E-state index in [0.29, 0.717) is 0 Å². The number of benzene rings is 1. The molecule has 0 fully saturated rings. The molecule has 0 radical (unpaired) electrons. The minimum absolute atomic E-state index is 0.101. The van der Waals surface area contributed by atoms with Crippen molar-refractivity contribution in [3.63, 3.8) is 0 Å². The Morgan fingerprint density at radius 2 is 1.67 bits per heavy atom. The van der Waals surface area contributed by atoms with Crippen molar-refractivity contribution in [2.75, 3.05) is 0 Å². The van der Waals surface area contributed by atoms with Gasteiger partial charge in [0.25, 0.3) is 0 Å². The van der Waals surface area contributed by atoms with Gasteiger partial charge in [-0.15, -0.1) is 0 Å². The minimum Gasteiger partial charge on any atom is -0.478 e. The Kier molecular flexibility index (Phi) is 2.69. The number of carbonyl (C=O) groups is 2. The number of aromatic carboxylic acids is 2. The normalized spacial score (nSPS) is 20.5. The van der Waals surface area contributed by atoms with Gasteiger partial charge >= 0.3 is 11.9 Å². The summed E-state index contributed by atoms with van der Waals surface area (Å²) in [5.41, 5.74) is 1.57. The molecule has 1 aliphatic carbocycles. The van der Waals surface area contributed by atoms with Crippen molar-refractivity contribution in [2.24, 2.45) is 0 Å². The highest BCUT2D eigenvalue weighted by Gasteiger charge is 2.36. The van der Waals surface area contributed by atoms with Crippen molar-refractivity contribution >= 4 is 11.9 Å². The lowest BCUT2D eigenvalue weighted by Crippen LogP contribution is -2.15. The van der Waals surface area contributed by atoms with Crippen molar-refractivity contribution in [1.29, 1.82) is 0 Å². The highest BCUT2D eigenvalue weighted by atomic mass is 16.4. The largest absolute Gasteiger partial charge is 0.478 e. The van der Waals surface area contributed by atoms with E-state index in [1.54, 1.807) is 0 Å². The Bertz CT molecular complexity index is 543. The summed E-state index contributed by atoms with van der Waals surface area (Å²) in [6.45, 7) is 6.16. The first-order chi connectivity index (χ1) is 8.24. The number of fused-ring (bicyclic) bond motifs is 1. The van der Waals surface area contributed by atoms with Gasteiger partial charge in [0.15, 0.2) is 0 Å². The Hall–Kier alpha value is -1.84. The molecular formula is C14H16O4. The van der Waals surface area contributed by atoms with Crippen LogP contribution >= 0.6 is 0 Å². The molecule has 1 aromatic rings. The molecule has 18 heavy (non-hydrogen) atoms. The maximum absolute atomic E-state index is 11.2. The van der Waals surface area contributed by atoms with Crippen LogP contribution in [0.4, 0.5) is 0 Å². The summed E-state index contributed by atoms with van der Waals surface area (Å²) in [5.74, 6) is -2.12. The van der Waals surface area contributed by atoms with Gasteiger partial charge in [-0.2, -0.15) is 0 Å². The van der Waals surface area contributed by atoms with Gasteiger partial charge in [0.1, 0.15) is 0 Å². The van der Waals surface area contributed by atoms with Crippen molar-refractivity contribution in [1.82, 2.24) is 0 Å². The van der Waals surface area contributed by atoms with Crippen molar-refractivity contribution in [3.05, 3.63) is 34.4 Å². The van der Waals surface area contributed by atoms with E-state index in [-0.39, 0.29) is 22.5 Å². The summed E-state index contributed by atoms with van der Waals surface area (Å²) in [6, 6.07) is 3.06. The van der Waals surface area contributed by atoms with Crippen LogP contribution in [0.3, 0.4) is 0 Å². The summed E-state index contributed by atoms with van der Waals surface area (Å²) in [5, 5.41) is 18.2. The average molecular weight is 248 g/mol. The van der Waals surface area contributed by atoms with Crippen LogP contribution in [0.15, 0.2) is 12.1 Å². The second-order valence-electron chi connectivity index (χ2n) is 5.58. The summed E-state index contributed by atoms with van der Waals surface area (Å²) < 4.78 is 0. The molecular weight excluding hydrogens is 232 g/mol. The van der Waals surface area contributed by atoms with Gasteiger partial charge in [-0.25, -0.2) is 9.59 Å². The number of hydrogen-bond donors (Lipinski definition) is 2. The zero-order chi connectivity index (χ0) is 13.7.